The lowest BCUT2D eigenvalue weighted by atomic mass is 9.92. The number of hydrogen-bond donors (Lipinski definition) is 1. The van der Waals surface area contributed by atoms with Crippen LogP contribution < -0.4 is 4.74 Å². The van der Waals surface area contributed by atoms with Gasteiger partial charge >= 0.3 is 0 Å². The van der Waals surface area contributed by atoms with Crippen LogP contribution in [0.15, 0.2) is 36.4 Å². The van der Waals surface area contributed by atoms with Crippen molar-refractivity contribution < 1.29 is 19.4 Å². The third-order valence-corrected chi connectivity index (χ3v) is 5.81. The molecular weight excluding hydrogens is 469 g/mol. The molecule has 1 heterocycles. The highest BCUT2D eigenvalue weighted by atomic mass is 127. The molecule has 2 aromatic rings. The van der Waals surface area contributed by atoms with E-state index in [2.05, 4.69) is 22.6 Å². The number of methoxy groups -OCH3 is 1. The van der Waals surface area contributed by atoms with E-state index in [1.807, 2.05) is 44.2 Å². The van der Waals surface area contributed by atoms with Crippen molar-refractivity contribution in [3.8, 4) is 5.75 Å². The monoisotopic (exact) mass is 487 g/mol. The Balaban J connectivity index is 2.09. The summed E-state index contributed by atoms with van der Waals surface area (Å²) in [7, 11) is 1.51. The largest absolute Gasteiger partial charge is 0.466 e. The van der Waals surface area contributed by atoms with E-state index in [1.165, 1.54) is 12.0 Å². The van der Waals surface area contributed by atoms with Gasteiger partial charge in [0, 0.05) is 16.2 Å². The highest BCUT2D eigenvalue weighted by molar-refractivity contribution is 14.1. The Morgan fingerprint density at radius 1 is 1.31 bits per heavy atom. The Bertz CT molecular complexity index is 841. The fourth-order valence-corrected chi connectivity index (χ4v) is 4.32. The van der Waals surface area contributed by atoms with Crippen LogP contribution in [-0.4, -0.2) is 29.8 Å². The summed E-state index contributed by atoms with van der Waals surface area (Å²) in [4.78, 5) is 14.6. The SMILES string of the molecule is COCOc1cc(I)c2c(c1Cl)C(O)N(C(C)(C)c1ccccc1)C2=O. The van der Waals surface area contributed by atoms with Crippen molar-refractivity contribution in [1.82, 2.24) is 4.90 Å². The molecule has 0 fully saturated rings. The molecule has 1 N–H and O–H groups in total. The molecule has 0 spiro atoms. The average molecular weight is 488 g/mol. The zero-order valence-corrected chi connectivity index (χ0v) is 17.5. The molecule has 5 nitrogen and oxygen atoms in total. The minimum Gasteiger partial charge on any atom is -0.466 e. The van der Waals surface area contributed by atoms with Gasteiger partial charge in [-0.3, -0.25) is 9.69 Å². The molecule has 1 aliphatic heterocycles. The van der Waals surface area contributed by atoms with E-state index < -0.39 is 11.8 Å². The lowest BCUT2D eigenvalue weighted by Crippen LogP contribution is -2.44. The van der Waals surface area contributed by atoms with Crippen LogP contribution in [0.3, 0.4) is 0 Å². The molecule has 0 saturated heterocycles. The third kappa shape index (κ3) is 3.09. The number of ether oxygens (including phenoxy) is 2. The van der Waals surface area contributed by atoms with Gasteiger partial charge in [0.25, 0.3) is 5.91 Å². The molecule has 0 aliphatic carbocycles. The first-order valence-corrected chi connectivity index (χ1v) is 9.47. The second-order valence-electron chi connectivity index (χ2n) is 6.48. The standard InChI is InChI=1S/C19H19ClINO4/c1-19(2,11-7-5-4-6-8-11)22-17(23)14-12(21)9-13(26-10-25-3)16(20)15(14)18(22)24/h4-9,18,24H,10H2,1-3H3. The second kappa shape index (κ2) is 7.34. The lowest BCUT2D eigenvalue weighted by molar-refractivity contribution is -0.0306. The van der Waals surface area contributed by atoms with Crippen molar-refractivity contribution in [3.05, 3.63) is 61.7 Å². The van der Waals surface area contributed by atoms with Gasteiger partial charge in [-0.2, -0.15) is 0 Å². The van der Waals surface area contributed by atoms with Crippen LogP contribution in [0, 0.1) is 3.57 Å². The van der Waals surface area contributed by atoms with Gasteiger partial charge in [-0.25, -0.2) is 0 Å². The van der Waals surface area contributed by atoms with Gasteiger partial charge in [0.2, 0.25) is 0 Å². The number of carbonyl (C=O) groups excluding carboxylic acids is 1. The summed E-state index contributed by atoms with van der Waals surface area (Å²) >= 11 is 8.52. The zero-order chi connectivity index (χ0) is 19.1. The van der Waals surface area contributed by atoms with Gasteiger partial charge in [-0.1, -0.05) is 41.9 Å². The molecular formula is C19H19ClINO4. The highest BCUT2D eigenvalue weighted by Gasteiger charge is 2.47. The molecule has 2 aromatic carbocycles. The molecule has 3 rings (SSSR count). The van der Waals surface area contributed by atoms with Gasteiger partial charge in [-0.05, 0) is 48.1 Å². The number of carbonyl (C=O) groups is 1. The van der Waals surface area contributed by atoms with Crippen LogP contribution in [0.1, 0.15) is 41.6 Å². The number of halogens is 2. The molecule has 138 valence electrons. The topological polar surface area (TPSA) is 59.0 Å². The van der Waals surface area contributed by atoms with Crippen LogP contribution in [0.4, 0.5) is 0 Å². The van der Waals surface area contributed by atoms with Crippen LogP contribution in [-0.2, 0) is 10.3 Å². The van der Waals surface area contributed by atoms with Gasteiger partial charge < -0.3 is 14.6 Å². The zero-order valence-electron chi connectivity index (χ0n) is 14.6. The van der Waals surface area contributed by atoms with Gasteiger partial charge in [0.15, 0.2) is 13.0 Å². The summed E-state index contributed by atoms with van der Waals surface area (Å²) in [6.07, 6.45) is -1.17. The summed E-state index contributed by atoms with van der Waals surface area (Å²) in [6, 6.07) is 11.3. The minimum atomic E-state index is -1.17. The van der Waals surface area contributed by atoms with E-state index in [0.717, 1.165) is 5.56 Å². The number of amides is 1. The number of aliphatic hydroxyl groups excluding tert-OH is 1. The van der Waals surface area contributed by atoms with Crippen LogP contribution in [0.5, 0.6) is 5.75 Å². The molecule has 1 amide bonds. The van der Waals surface area contributed by atoms with Crippen molar-refractivity contribution in [2.45, 2.75) is 25.6 Å². The van der Waals surface area contributed by atoms with Crippen LogP contribution in [0.2, 0.25) is 5.02 Å². The first-order valence-electron chi connectivity index (χ1n) is 8.01. The number of nitrogens with zero attached hydrogens (tertiary/aromatic N) is 1. The quantitative estimate of drug-likeness (QED) is 0.504. The first kappa shape index (κ1) is 19.4. The number of hydrogen-bond acceptors (Lipinski definition) is 4. The van der Waals surface area contributed by atoms with E-state index in [-0.39, 0.29) is 17.7 Å². The number of benzene rings is 2. The Kier molecular flexibility index (Phi) is 5.48. The van der Waals surface area contributed by atoms with Crippen molar-refractivity contribution in [2.24, 2.45) is 0 Å². The summed E-state index contributed by atoms with van der Waals surface area (Å²) in [6.45, 7) is 3.83. The predicted molar refractivity (Wildman–Crippen MR) is 107 cm³/mol. The molecule has 1 aliphatic rings. The van der Waals surface area contributed by atoms with E-state index >= 15 is 0 Å². The van der Waals surface area contributed by atoms with Crippen LogP contribution in [0.25, 0.3) is 0 Å². The Morgan fingerprint density at radius 3 is 2.58 bits per heavy atom. The maximum Gasteiger partial charge on any atom is 0.258 e. The Hall–Kier alpha value is -1.35. The summed E-state index contributed by atoms with van der Waals surface area (Å²) in [5, 5.41) is 11.2. The average Bonchev–Trinajstić information content (AvgIpc) is 2.89. The Morgan fingerprint density at radius 2 is 1.96 bits per heavy atom. The molecule has 26 heavy (non-hydrogen) atoms. The fraction of sp³-hybridized carbons (Fsp3) is 0.316. The molecule has 0 aromatic heterocycles. The molecule has 1 unspecified atom stereocenters. The van der Waals surface area contributed by atoms with Gasteiger partial charge in [-0.15, -0.1) is 0 Å². The van der Waals surface area contributed by atoms with Gasteiger partial charge in [0.1, 0.15) is 5.75 Å². The van der Waals surface area contributed by atoms with E-state index in [9.17, 15) is 9.90 Å². The molecule has 0 bridgehead atoms. The van der Waals surface area contributed by atoms with Gasteiger partial charge in [0.05, 0.1) is 16.1 Å². The van der Waals surface area contributed by atoms with Crippen LogP contribution >= 0.6 is 34.2 Å². The smallest absolute Gasteiger partial charge is 0.258 e. The lowest BCUT2D eigenvalue weighted by Gasteiger charge is -2.38. The second-order valence-corrected chi connectivity index (χ2v) is 8.02. The summed E-state index contributed by atoms with van der Waals surface area (Å²) in [5.41, 5.74) is 0.981. The number of rotatable bonds is 5. The molecule has 1 atom stereocenters. The maximum absolute atomic E-state index is 13.2. The van der Waals surface area contributed by atoms with Crippen molar-refractivity contribution in [3.63, 3.8) is 0 Å². The number of aliphatic hydroxyl groups is 1. The van der Waals surface area contributed by atoms with Crippen molar-refractivity contribution >= 4 is 40.1 Å². The highest BCUT2D eigenvalue weighted by Crippen LogP contribution is 2.48. The minimum absolute atomic E-state index is 0.0256. The summed E-state index contributed by atoms with van der Waals surface area (Å²) < 4.78 is 11.1. The summed E-state index contributed by atoms with van der Waals surface area (Å²) in [5.74, 6) is 0.119. The van der Waals surface area contributed by atoms with Crippen molar-refractivity contribution in [1.29, 1.82) is 0 Å². The van der Waals surface area contributed by atoms with Crippen molar-refractivity contribution in [2.75, 3.05) is 13.9 Å². The first-order chi connectivity index (χ1) is 12.3. The normalized spacial score (nSPS) is 16.8. The molecule has 0 radical (unpaired) electrons. The maximum atomic E-state index is 13.2. The molecule has 7 heteroatoms. The third-order valence-electron chi connectivity index (χ3n) is 4.57. The number of fused-ring (bicyclic) bond motifs is 1. The van der Waals surface area contributed by atoms with E-state index in [0.29, 0.717) is 20.4 Å². The fourth-order valence-electron chi connectivity index (χ4n) is 3.21. The molecule has 0 saturated carbocycles. The van der Waals surface area contributed by atoms with E-state index in [4.69, 9.17) is 21.1 Å². The van der Waals surface area contributed by atoms with E-state index in [1.54, 1.807) is 6.07 Å². The Labute approximate surface area is 171 Å². The predicted octanol–water partition coefficient (Wildman–Crippen LogP) is 4.31.